The SMILES string of the molecule is CC=CC1CCC(C2CCC(CCc3ccc(-c4ccc(OCC)c(F)c4F)c(F)c3F)OC2)CC1. The first-order valence-corrected chi connectivity index (χ1v) is 13.2. The van der Waals surface area contributed by atoms with Crippen molar-refractivity contribution >= 4 is 0 Å². The van der Waals surface area contributed by atoms with Crippen LogP contribution in [-0.2, 0) is 11.2 Å². The molecule has 2 aliphatic rings. The molecule has 2 aromatic carbocycles. The van der Waals surface area contributed by atoms with Gasteiger partial charge < -0.3 is 9.47 Å². The minimum atomic E-state index is -1.26. The lowest BCUT2D eigenvalue weighted by molar-refractivity contribution is -0.0409. The van der Waals surface area contributed by atoms with Crippen LogP contribution in [0.3, 0.4) is 0 Å². The maximum absolute atomic E-state index is 14.9. The Morgan fingerprint density at radius 3 is 2.14 bits per heavy atom. The van der Waals surface area contributed by atoms with Crippen molar-refractivity contribution in [2.75, 3.05) is 13.2 Å². The molecule has 2 nitrogen and oxygen atoms in total. The lowest BCUT2D eigenvalue weighted by Gasteiger charge is -2.37. The van der Waals surface area contributed by atoms with E-state index < -0.39 is 23.3 Å². The highest BCUT2D eigenvalue weighted by atomic mass is 19.2. The molecule has 196 valence electrons. The van der Waals surface area contributed by atoms with E-state index in [9.17, 15) is 17.6 Å². The van der Waals surface area contributed by atoms with Crippen LogP contribution in [0.15, 0.2) is 36.4 Å². The molecule has 1 saturated carbocycles. The van der Waals surface area contributed by atoms with Gasteiger partial charge in [-0.1, -0.05) is 24.3 Å². The van der Waals surface area contributed by atoms with Gasteiger partial charge in [0.2, 0.25) is 5.82 Å². The molecule has 1 heterocycles. The van der Waals surface area contributed by atoms with Crippen molar-refractivity contribution in [3.8, 4) is 16.9 Å². The van der Waals surface area contributed by atoms with Crippen molar-refractivity contribution in [2.45, 2.75) is 71.3 Å². The zero-order chi connectivity index (χ0) is 25.7. The van der Waals surface area contributed by atoms with Crippen LogP contribution in [0.5, 0.6) is 5.75 Å². The minimum Gasteiger partial charge on any atom is -0.491 e. The number of rotatable bonds is 8. The Morgan fingerprint density at radius 1 is 0.833 bits per heavy atom. The van der Waals surface area contributed by atoms with Gasteiger partial charge in [0, 0.05) is 11.1 Å². The Hall–Kier alpha value is -2.34. The normalized spacial score (nSPS) is 24.8. The smallest absolute Gasteiger partial charge is 0.201 e. The second-order valence-corrected chi connectivity index (χ2v) is 10.1. The van der Waals surface area contributed by atoms with E-state index in [0.717, 1.165) is 31.3 Å². The van der Waals surface area contributed by atoms with Crippen LogP contribution in [0.1, 0.15) is 64.4 Å². The molecule has 0 bridgehead atoms. The molecule has 1 aliphatic heterocycles. The molecule has 0 radical (unpaired) electrons. The predicted molar refractivity (Wildman–Crippen MR) is 134 cm³/mol. The van der Waals surface area contributed by atoms with Crippen LogP contribution in [0.2, 0.25) is 0 Å². The van der Waals surface area contributed by atoms with E-state index in [1.807, 2.05) is 0 Å². The fourth-order valence-corrected chi connectivity index (χ4v) is 5.82. The first-order chi connectivity index (χ1) is 17.4. The maximum atomic E-state index is 14.9. The van der Waals surface area contributed by atoms with Gasteiger partial charge in [0.1, 0.15) is 0 Å². The van der Waals surface area contributed by atoms with Gasteiger partial charge in [-0.15, -0.1) is 0 Å². The number of aryl methyl sites for hydroxylation is 1. The molecule has 0 N–H and O–H groups in total. The number of halogens is 4. The standard InChI is InChI=1S/C30H36F4O2/c1-3-5-19-6-8-20(9-7-19)22-11-14-23(36-18-22)13-10-21-12-15-24(28(32)27(21)31)25-16-17-26(35-4-2)30(34)29(25)33/h3,5,12,15-17,19-20,22-23H,4,6-11,13-14,18H2,1-2H3. The zero-order valence-corrected chi connectivity index (χ0v) is 21.2. The summed E-state index contributed by atoms with van der Waals surface area (Å²) >= 11 is 0. The monoisotopic (exact) mass is 504 g/mol. The van der Waals surface area contributed by atoms with Gasteiger partial charge >= 0.3 is 0 Å². The maximum Gasteiger partial charge on any atom is 0.201 e. The second-order valence-electron chi connectivity index (χ2n) is 10.1. The fourth-order valence-electron chi connectivity index (χ4n) is 5.82. The molecule has 1 aliphatic carbocycles. The van der Waals surface area contributed by atoms with E-state index in [1.54, 1.807) is 6.92 Å². The van der Waals surface area contributed by atoms with E-state index in [4.69, 9.17) is 9.47 Å². The van der Waals surface area contributed by atoms with Gasteiger partial charge in [0.05, 0.1) is 19.3 Å². The van der Waals surface area contributed by atoms with E-state index in [0.29, 0.717) is 18.8 Å². The Balaban J connectivity index is 1.33. The van der Waals surface area contributed by atoms with Crippen LogP contribution >= 0.6 is 0 Å². The van der Waals surface area contributed by atoms with Crippen molar-refractivity contribution in [3.05, 3.63) is 65.2 Å². The third-order valence-corrected chi connectivity index (χ3v) is 7.89. The number of hydrogen-bond donors (Lipinski definition) is 0. The van der Waals surface area contributed by atoms with Crippen molar-refractivity contribution in [1.29, 1.82) is 0 Å². The molecule has 36 heavy (non-hydrogen) atoms. The Morgan fingerprint density at radius 2 is 1.50 bits per heavy atom. The molecular formula is C30H36F4O2. The fraction of sp³-hybridized carbons (Fsp3) is 0.533. The van der Waals surface area contributed by atoms with Crippen molar-refractivity contribution < 1.29 is 27.0 Å². The topological polar surface area (TPSA) is 18.5 Å². The first-order valence-electron chi connectivity index (χ1n) is 13.2. The highest BCUT2D eigenvalue weighted by Crippen LogP contribution is 2.39. The number of hydrogen-bond acceptors (Lipinski definition) is 2. The summed E-state index contributed by atoms with van der Waals surface area (Å²) in [5, 5.41) is 0. The van der Waals surface area contributed by atoms with E-state index >= 15 is 0 Å². The number of benzene rings is 2. The molecule has 0 amide bonds. The molecule has 2 atom stereocenters. The van der Waals surface area contributed by atoms with Gasteiger partial charge in [-0.2, -0.15) is 4.39 Å². The molecular weight excluding hydrogens is 468 g/mol. The molecule has 6 heteroatoms. The number of ether oxygens (including phenoxy) is 2. The lowest BCUT2D eigenvalue weighted by Crippen LogP contribution is -2.32. The van der Waals surface area contributed by atoms with Crippen LogP contribution in [0, 0.1) is 41.0 Å². The summed E-state index contributed by atoms with van der Waals surface area (Å²) in [4.78, 5) is 0. The Labute approximate surface area is 211 Å². The summed E-state index contributed by atoms with van der Waals surface area (Å²) in [6.07, 6.45) is 12.5. The van der Waals surface area contributed by atoms with Crippen LogP contribution in [-0.4, -0.2) is 19.3 Å². The summed E-state index contributed by atoms with van der Waals surface area (Å²) in [5.41, 5.74) is -0.423. The van der Waals surface area contributed by atoms with Crippen molar-refractivity contribution in [3.63, 3.8) is 0 Å². The third kappa shape index (κ3) is 5.96. The average Bonchev–Trinajstić information content (AvgIpc) is 2.89. The third-order valence-electron chi connectivity index (χ3n) is 7.89. The van der Waals surface area contributed by atoms with E-state index in [1.165, 1.54) is 49.9 Å². The molecule has 2 fully saturated rings. The number of allylic oxidation sites excluding steroid dienone is 2. The van der Waals surface area contributed by atoms with Crippen LogP contribution < -0.4 is 4.74 Å². The minimum absolute atomic E-state index is 0.0281. The second kappa shape index (κ2) is 12.3. The molecule has 2 aromatic rings. The van der Waals surface area contributed by atoms with Gasteiger partial charge in [0.25, 0.3) is 0 Å². The highest BCUT2D eigenvalue weighted by Gasteiger charge is 2.31. The predicted octanol–water partition coefficient (Wildman–Crippen LogP) is 8.42. The summed E-state index contributed by atoms with van der Waals surface area (Å²) in [6.45, 7) is 4.63. The summed E-state index contributed by atoms with van der Waals surface area (Å²) in [5.74, 6) is -2.89. The highest BCUT2D eigenvalue weighted by molar-refractivity contribution is 5.66. The van der Waals surface area contributed by atoms with Gasteiger partial charge in [-0.25, -0.2) is 13.2 Å². The van der Waals surface area contributed by atoms with Gasteiger partial charge in [-0.05, 0) is 101 Å². The van der Waals surface area contributed by atoms with Gasteiger partial charge in [0.15, 0.2) is 23.2 Å². The summed E-state index contributed by atoms with van der Waals surface area (Å²) in [6, 6.07) is 5.20. The Kier molecular flexibility index (Phi) is 9.10. The lowest BCUT2D eigenvalue weighted by atomic mass is 9.73. The molecule has 1 saturated heterocycles. The van der Waals surface area contributed by atoms with E-state index in [-0.39, 0.29) is 35.2 Å². The van der Waals surface area contributed by atoms with E-state index in [2.05, 4.69) is 19.1 Å². The zero-order valence-electron chi connectivity index (χ0n) is 21.2. The van der Waals surface area contributed by atoms with Crippen LogP contribution in [0.25, 0.3) is 11.1 Å². The molecule has 2 unspecified atom stereocenters. The Bertz CT molecular complexity index is 1050. The summed E-state index contributed by atoms with van der Waals surface area (Å²) in [7, 11) is 0. The van der Waals surface area contributed by atoms with Crippen molar-refractivity contribution in [1.82, 2.24) is 0 Å². The summed E-state index contributed by atoms with van der Waals surface area (Å²) < 4.78 is 69.7. The quantitative estimate of drug-likeness (QED) is 0.265. The first kappa shape index (κ1) is 26.7. The molecule has 4 rings (SSSR count). The molecule has 0 spiro atoms. The molecule has 0 aromatic heterocycles. The van der Waals surface area contributed by atoms with Crippen LogP contribution in [0.4, 0.5) is 17.6 Å². The average molecular weight is 505 g/mol. The van der Waals surface area contributed by atoms with Gasteiger partial charge in [-0.3, -0.25) is 0 Å². The van der Waals surface area contributed by atoms with Crippen molar-refractivity contribution in [2.24, 2.45) is 17.8 Å². The largest absolute Gasteiger partial charge is 0.491 e.